The number of likely N-dealkylation sites (tertiary alicyclic amines) is 1. The SMILES string of the molecule is CCCn1ncnc1CN1CCC(C(=O)OC)CC1. The fourth-order valence-corrected chi connectivity index (χ4v) is 2.50. The first-order valence-electron chi connectivity index (χ1n) is 6.91. The number of hydrogen-bond donors (Lipinski definition) is 0. The number of esters is 1. The predicted molar refractivity (Wildman–Crippen MR) is 70.3 cm³/mol. The first-order chi connectivity index (χ1) is 9.24. The summed E-state index contributed by atoms with van der Waals surface area (Å²) in [4.78, 5) is 18.1. The third kappa shape index (κ3) is 3.53. The molecule has 1 aliphatic rings. The number of carbonyl (C=O) groups is 1. The lowest BCUT2D eigenvalue weighted by Crippen LogP contribution is -2.37. The summed E-state index contributed by atoms with van der Waals surface area (Å²) in [6, 6.07) is 0. The van der Waals surface area contributed by atoms with E-state index in [4.69, 9.17) is 4.74 Å². The Morgan fingerprint density at radius 2 is 2.21 bits per heavy atom. The maximum absolute atomic E-state index is 11.5. The fraction of sp³-hybridized carbons (Fsp3) is 0.769. The van der Waals surface area contributed by atoms with Crippen LogP contribution >= 0.6 is 0 Å². The van der Waals surface area contributed by atoms with Gasteiger partial charge < -0.3 is 4.74 Å². The van der Waals surface area contributed by atoms with E-state index in [0.29, 0.717) is 0 Å². The molecule has 0 unspecified atom stereocenters. The van der Waals surface area contributed by atoms with Crippen molar-refractivity contribution in [2.45, 2.75) is 39.3 Å². The Hall–Kier alpha value is -1.43. The van der Waals surface area contributed by atoms with Crippen LogP contribution in [0, 0.1) is 5.92 Å². The van der Waals surface area contributed by atoms with Crippen molar-refractivity contribution in [1.29, 1.82) is 0 Å². The minimum absolute atomic E-state index is 0.0646. The maximum atomic E-state index is 11.5. The topological polar surface area (TPSA) is 60.2 Å². The molecule has 2 rings (SSSR count). The number of aryl methyl sites for hydroxylation is 1. The van der Waals surface area contributed by atoms with E-state index in [2.05, 4.69) is 21.9 Å². The maximum Gasteiger partial charge on any atom is 0.308 e. The molecular weight excluding hydrogens is 244 g/mol. The molecule has 19 heavy (non-hydrogen) atoms. The lowest BCUT2D eigenvalue weighted by Gasteiger charge is -2.30. The molecule has 0 atom stereocenters. The summed E-state index contributed by atoms with van der Waals surface area (Å²) in [6.45, 7) is 5.69. The van der Waals surface area contributed by atoms with Gasteiger partial charge in [-0.05, 0) is 32.4 Å². The molecule has 6 nitrogen and oxygen atoms in total. The normalized spacial score (nSPS) is 17.6. The Labute approximate surface area is 113 Å². The highest BCUT2D eigenvalue weighted by molar-refractivity contribution is 5.72. The van der Waals surface area contributed by atoms with Crippen molar-refractivity contribution in [2.75, 3.05) is 20.2 Å². The molecule has 0 aliphatic carbocycles. The Kier molecular flexibility index (Phi) is 4.90. The summed E-state index contributed by atoms with van der Waals surface area (Å²) < 4.78 is 6.76. The highest BCUT2D eigenvalue weighted by Crippen LogP contribution is 2.19. The highest BCUT2D eigenvalue weighted by Gasteiger charge is 2.26. The van der Waals surface area contributed by atoms with Crippen molar-refractivity contribution in [2.24, 2.45) is 5.92 Å². The van der Waals surface area contributed by atoms with Gasteiger partial charge in [-0.15, -0.1) is 0 Å². The molecule has 0 N–H and O–H groups in total. The zero-order chi connectivity index (χ0) is 13.7. The molecule has 1 aliphatic heterocycles. The van der Waals surface area contributed by atoms with Crippen molar-refractivity contribution in [3.8, 4) is 0 Å². The van der Waals surface area contributed by atoms with E-state index in [1.807, 2.05) is 4.68 Å². The number of piperidine rings is 1. The van der Waals surface area contributed by atoms with Gasteiger partial charge in [0.25, 0.3) is 0 Å². The van der Waals surface area contributed by atoms with E-state index in [9.17, 15) is 4.79 Å². The molecule has 0 aromatic carbocycles. The Morgan fingerprint density at radius 3 is 2.84 bits per heavy atom. The number of methoxy groups -OCH3 is 1. The largest absolute Gasteiger partial charge is 0.469 e. The Balaban J connectivity index is 1.85. The summed E-state index contributed by atoms with van der Waals surface area (Å²) >= 11 is 0. The first kappa shape index (κ1) is 14.0. The zero-order valence-electron chi connectivity index (χ0n) is 11.7. The number of ether oxygens (including phenoxy) is 1. The summed E-state index contributed by atoms with van der Waals surface area (Å²) in [6.07, 6.45) is 4.41. The van der Waals surface area contributed by atoms with Gasteiger partial charge in [0.05, 0.1) is 19.6 Å². The molecular formula is C13H22N4O2. The molecule has 0 amide bonds. The molecule has 1 fully saturated rings. The molecule has 0 spiro atoms. The van der Waals surface area contributed by atoms with Crippen LogP contribution in [0.1, 0.15) is 32.0 Å². The zero-order valence-corrected chi connectivity index (χ0v) is 11.7. The first-order valence-corrected chi connectivity index (χ1v) is 6.91. The van der Waals surface area contributed by atoms with Gasteiger partial charge in [0.1, 0.15) is 12.2 Å². The van der Waals surface area contributed by atoms with Crippen LogP contribution in [-0.2, 0) is 22.6 Å². The van der Waals surface area contributed by atoms with Crippen LogP contribution in [0.4, 0.5) is 0 Å². The average molecular weight is 266 g/mol. The molecule has 6 heteroatoms. The molecule has 106 valence electrons. The summed E-state index contributed by atoms with van der Waals surface area (Å²) in [5.74, 6) is 1.00. The average Bonchev–Trinajstić information content (AvgIpc) is 2.86. The lowest BCUT2D eigenvalue weighted by molar-refractivity contribution is -0.147. The minimum Gasteiger partial charge on any atom is -0.469 e. The van der Waals surface area contributed by atoms with Crippen molar-refractivity contribution < 1.29 is 9.53 Å². The van der Waals surface area contributed by atoms with E-state index in [1.165, 1.54) is 7.11 Å². The van der Waals surface area contributed by atoms with Crippen LogP contribution in [0.5, 0.6) is 0 Å². The Bertz CT molecular complexity index is 411. The number of aromatic nitrogens is 3. The second kappa shape index (κ2) is 6.65. The number of hydrogen-bond acceptors (Lipinski definition) is 5. The van der Waals surface area contributed by atoms with Crippen LogP contribution in [0.3, 0.4) is 0 Å². The summed E-state index contributed by atoms with van der Waals surface area (Å²) in [5, 5.41) is 4.23. The van der Waals surface area contributed by atoms with Gasteiger partial charge in [-0.25, -0.2) is 9.67 Å². The van der Waals surface area contributed by atoms with E-state index < -0.39 is 0 Å². The van der Waals surface area contributed by atoms with Gasteiger partial charge in [-0.2, -0.15) is 5.10 Å². The second-order valence-electron chi connectivity index (χ2n) is 4.97. The van der Waals surface area contributed by atoms with Crippen molar-refractivity contribution in [3.63, 3.8) is 0 Å². The van der Waals surface area contributed by atoms with Gasteiger partial charge in [-0.3, -0.25) is 9.69 Å². The Morgan fingerprint density at radius 1 is 1.47 bits per heavy atom. The molecule has 1 aromatic rings. The highest BCUT2D eigenvalue weighted by atomic mass is 16.5. The van der Waals surface area contributed by atoms with Crippen LogP contribution in [0.25, 0.3) is 0 Å². The van der Waals surface area contributed by atoms with E-state index in [-0.39, 0.29) is 11.9 Å². The van der Waals surface area contributed by atoms with Gasteiger partial charge in [0, 0.05) is 6.54 Å². The summed E-state index contributed by atoms with van der Waals surface area (Å²) in [7, 11) is 1.46. The fourth-order valence-electron chi connectivity index (χ4n) is 2.50. The summed E-state index contributed by atoms with van der Waals surface area (Å²) in [5.41, 5.74) is 0. The van der Waals surface area contributed by atoms with E-state index in [0.717, 1.165) is 51.3 Å². The van der Waals surface area contributed by atoms with Crippen molar-refractivity contribution >= 4 is 5.97 Å². The standard InChI is InChI=1S/C13H22N4O2/c1-3-6-17-12(14-10-15-17)9-16-7-4-11(5-8-16)13(18)19-2/h10-11H,3-9H2,1-2H3. The van der Waals surface area contributed by atoms with Gasteiger partial charge in [0.15, 0.2) is 0 Å². The van der Waals surface area contributed by atoms with Crippen LogP contribution in [0.15, 0.2) is 6.33 Å². The second-order valence-corrected chi connectivity index (χ2v) is 4.97. The third-order valence-electron chi connectivity index (χ3n) is 3.62. The van der Waals surface area contributed by atoms with Gasteiger partial charge >= 0.3 is 5.97 Å². The van der Waals surface area contributed by atoms with E-state index >= 15 is 0 Å². The molecule has 0 saturated carbocycles. The molecule has 1 saturated heterocycles. The van der Waals surface area contributed by atoms with Crippen LogP contribution < -0.4 is 0 Å². The minimum atomic E-state index is -0.0752. The van der Waals surface area contributed by atoms with E-state index in [1.54, 1.807) is 6.33 Å². The van der Waals surface area contributed by atoms with Crippen LogP contribution in [-0.4, -0.2) is 45.8 Å². The smallest absolute Gasteiger partial charge is 0.308 e. The molecule has 0 radical (unpaired) electrons. The molecule has 1 aromatic heterocycles. The molecule has 2 heterocycles. The van der Waals surface area contributed by atoms with Gasteiger partial charge in [0.2, 0.25) is 0 Å². The predicted octanol–water partition coefficient (Wildman–Crippen LogP) is 1.07. The van der Waals surface area contributed by atoms with Gasteiger partial charge in [-0.1, -0.05) is 6.92 Å². The third-order valence-corrected chi connectivity index (χ3v) is 3.62. The number of nitrogens with zero attached hydrogens (tertiary/aromatic N) is 4. The molecule has 0 bridgehead atoms. The number of rotatable bonds is 5. The monoisotopic (exact) mass is 266 g/mol. The van der Waals surface area contributed by atoms with Crippen molar-refractivity contribution in [3.05, 3.63) is 12.2 Å². The quantitative estimate of drug-likeness (QED) is 0.746. The van der Waals surface area contributed by atoms with Crippen LogP contribution in [0.2, 0.25) is 0 Å². The number of carbonyl (C=O) groups excluding carboxylic acids is 1. The van der Waals surface area contributed by atoms with Crippen molar-refractivity contribution in [1.82, 2.24) is 19.7 Å². The lowest BCUT2D eigenvalue weighted by atomic mass is 9.97.